The van der Waals surface area contributed by atoms with Crippen molar-refractivity contribution in [1.29, 1.82) is 0 Å². The van der Waals surface area contributed by atoms with Gasteiger partial charge in [0.1, 0.15) is 22.8 Å². The second-order valence-corrected chi connectivity index (χ2v) is 12.3. The number of hydrogen-bond acceptors (Lipinski definition) is 6. The predicted octanol–water partition coefficient (Wildman–Crippen LogP) is 2.50. The van der Waals surface area contributed by atoms with Crippen molar-refractivity contribution < 1.29 is 24.0 Å². The highest BCUT2D eigenvalue weighted by atomic mass is 127. The van der Waals surface area contributed by atoms with Crippen molar-refractivity contribution in [2.24, 2.45) is 37.6 Å². The van der Waals surface area contributed by atoms with Crippen LogP contribution in [0.15, 0.2) is 65.1 Å². The topological polar surface area (TPSA) is 230 Å². The molecule has 4 rings (SSSR count). The fraction of sp³-hybridized carbons (Fsp3) is 0.200. The van der Waals surface area contributed by atoms with Crippen LogP contribution in [0.4, 0.5) is 22.7 Å². The van der Waals surface area contributed by atoms with E-state index in [0.29, 0.717) is 33.0 Å². The highest BCUT2D eigenvalue weighted by Gasteiger charge is 2.20. The SMILES string of the molecule is C=C(Br)C(=O)Nc1cc(C(=O)Nc2cc(C(=O)Nc3cc(C(=O)Nc4cc(C(=O)NCCN=C(N)N)n(CI)c4)n(C)c3)n(C)c2)n(C)c1. The molecule has 17 nitrogen and oxygen atoms in total. The molecule has 0 aliphatic rings. The molecule has 0 aromatic carbocycles. The minimum Gasteiger partial charge on any atom is -0.370 e. The van der Waals surface area contributed by atoms with Gasteiger partial charge in [-0.2, -0.15) is 0 Å². The summed E-state index contributed by atoms with van der Waals surface area (Å²) in [6.45, 7) is 3.97. The van der Waals surface area contributed by atoms with Crippen molar-refractivity contribution >= 4 is 96.8 Å². The minimum atomic E-state index is -0.478. The number of carbonyl (C=O) groups excluding carboxylic acids is 5. The summed E-state index contributed by atoms with van der Waals surface area (Å²) < 4.78 is 6.93. The zero-order chi connectivity index (χ0) is 36.0. The van der Waals surface area contributed by atoms with Crippen LogP contribution in [-0.4, -0.2) is 66.9 Å². The molecule has 4 heterocycles. The van der Waals surface area contributed by atoms with Crippen LogP contribution in [-0.2, 0) is 30.5 Å². The van der Waals surface area contributed by atoms with Crippen molar-refractivity contribution in [2.75, 3.05) is 34.4 Å². The first-order valence-electron chi connectivity index (χ1n) is 14.4. The van der Waals surface area contributed by atoms with E-state index in [0.717, 1.165) is 0 Å². The molecule has 0 radical (unpaired) electrons. The second-order valence-electron chi connectivity index (χ2n) is 10.7. The first kappa shape index (κ1) is 36.5. The van der Waals surface area contributed by atoms with E-state index >= 15 is 0 Å². The maximum Gasteiger partial charge on any atom is 0.272 e. The number of amides is 5. The van der Waals surface area contributed by atoms with E-state index in [1.54, 1.807) is 70.3 Å². The monoisotopic (exact) mass is 848 g/mol. The van der Waals surface area contributed by atoms with Crippen LogP contribution in [0, 0.1) is 0 Å². The lowest BCUT2D eigenvalue weighted by Crippen LogP contribution is -2.29. The number of hydrogen-bond donors (Lipinski definition) is 7. The maximum absolute atomic E-state index is 13.2. The fourth-order valence-electron chi connectivity index (χ4n) is 4.67. The molecule has 9 N–H and O–H groups in total. The molecule has 0 aliphatic carbocycles. The predicted molar refractivity (Wildman–Crippen MR) is 198 cm³/mol. The Bertz CT molecular complexity index is 1980. The molecular formula is C30H34BrIN12O5. The Kier molecular flexibility index (Phi) is 11.7. The Morgan fingerprint density at radius 3 is 1.53 bits per heavy atom. The maximum atomic E-state index is 13.2. The van der Waals surface area contributed by atoms with Gasteiger partial charge in [0.15, 0.2) is 5.96 Å². The number of aryl methyl sites for hydroxylation is 3. The van der Waals surface area contributed by atoms with E-state index in [2.05, 4.69) is 76.7 Å². The molecular weight excluding hydrogens is 815 g/mol. The molecule has 19 heteroatoms. The van der Waals surface area contributed by atoms with E-state index in [4.69, 9.17) is 11.5 Å². The largest absolute Gasteiger partial charge is 0.370 e. The summed E-state index contributed by atoms with van der Waals surface area (Å²) in [5.74, 6) is -2.26. The van der Waals surface area contributed by atoms with Gasteiger partial charge in [-0.1, -0.05) is 29.2 Å². The number of aliphatic imine (C=N–C) groups is 1. The second kappa shape index (κ2) is 15.7. The number of nitrogens with one attached hydrogen (secondary N) is 5. The van der Waals surface area contributed by atoms with Gasteiger partial charge < -0.3 is 56.3 Å². The number of guanidine groups is 1. The summed E-state index contributed by atoms with van der Waals surface area (Å²) in [7, 11) is 4.96. The van der Waals surface area contributed by atoms with Gasteiger partial charge in [0.25, 0.3) is 29.5 Å². The third kappa shape index (κ3) is 9.19. The average Bonchev–Trinajstić information content (AvgIpc) is 3.80. The third-order valence-electron chi connectivity index (χ3n) is 6.94. The van der Waals surface area contributed by atoms with Crippen molar-refractivity contribution in [3.8, 4) is 0 Å². The molecule has 0 atom stereocenters. The lowest BCUT2D eigenvalue weighted by Gasteiger charge is -2.05. The summed E-state index contributed by atoms with van der Waals surface area (Å²) in [5.41, 5.74) is 13.3. The van der Waals surface area contributed by atoms with Crippen LogP contribution >= 0.6 is 38.5 Å². The average molecular weight is 849 g/mol. The van der Waals surface area contributed by atoms with Crippen LogP contribution < -0.4 is 38.1 Å². The Hall–Kier alpha value is -5.31. The smallest absolute Gasteiger partial charge is 0.272 e. The number of halogens is 2. The molecule has 5 amide bonds. The molecule has 0 fully saturated rings. The zero-order valence-electron chi connectivity index (χ0n) is 26.6. The number of alkyl halides is 1. The standard InChI is InChI=1S/C30H34BrIN12O5/c1-16(31)25(45)37-17-7-21(41(2)11-17)27(47)38-18-8-22(42(3)12-18)28(48)39-19-9-23(43(4)13-19)29(49)40-20-10-24(44(14-20)15-32)26(46)35-5-6-36-30(33)34/h7-14H,1,5-6,15H2,2-4H3,(H,35,46)(H,37,45)(H,38,47)(H,39,48)(H,40,49)(H4,33,34,36). The molecule has 49 heavy (non-hydrogen) atoms. The van der Waals surface area contributed by atoms with E-state index < -0.39 is 23.6 Å². The molecule has 0 saturated carbocycles. The Balaban J connectivity index is 1.39. The van der Waals surface area contributed by atoms with Gasteiger partial charge in [-0.3, -0.25) is 29.0 Å². The van der Waals surface area contributed by atoms with Gasteiger partial charge in [0.05, 0.1) is 38.3 Å². The number of anilines is 4. The van der Waals surface area contributed by atoms with Crippen LogP contribution in [0.5, 0.6) is 0 Å². The van der Waals surface area contributed by atoms with Crippen LogP contribution in [0.1, 0.15) is 42.0 Å². The Morgan fingerprint density at radius 2 is 1.12 bits per heavy atom. The molecule has 0 unspecified atom stereocenters. The van der Waals surface area contributed by atoms with E-state index in [1.807, 2.05) is 0 Å². The van der Waals surface area contributed by atoms with Crippen LogP contribution in [0.25, 0.3) is 0 Å². The van der Waals surface area contributed by atoms with Gasteiger partial charge in [-0.15, -0.1) is 0 Å². The van der Waals surface area contributed by atoms with E-state index in [9.17, 15) is 24.0 Å². The van der Waals surface area contributed by atoms with Gasteiger partial charge in [0, 0.05) is 52.5 Å². The number of rotatable bonds is 13. The Labute approximate surface area is 302 Å². The number of aromatic nitrogens is 4. The molecule has 0 saturated heterocycles. The lowest BCUT2D eigenvalue weighted by atomic mass is 10.3. The summed E-state index contributed by atoms with van der Waals surface area (Å²) in [6, 6.07) is 6.09. The summed E-state index contributed by atoms with van der Waals surface area (Å²) >= 11 is 5.11. The number of nitrogens with two attached hydrogens (primary N) is 2. The van der Waals surface area contributed by atoms with Gasteiger partial charge in [-0.05, 0) is 40.2 Å². The quantitative estimate of drug-likeness (QED) is 0.0265. The molecule has 0 bridgehead atoms. The van der Waals surface area contributed by atoms with E-state index in [1.165, 1.54) is 18.2 Å². The molecule has 0 spiro atoms. The fourth-order valence-corrected chi connectivity index (χ4v) is 5.34. The van der Waals surface area contributed by atoms with Crippen LogP contribution in [0.2, 0.25) is 0 Å². The molecule has 0 aliphatic heterocycles. The van der Waals surface area contributed by atoms with Crippen LogP contribution in [0.3, 0.4) is 0 Å². The normalized spacial score (nSPS) is 10.6. The number of carbonyl (C=O) groups is 5. The summed E-state index contributed by atoms with van der Waals surface area (Å²) in [4.78, 5) is 67.8. The molecule has 4 aromatic rings. The zero-order valence-corrected chi connectivity index (χ0v) is 30.4. The van der Waals surface area contributed by atoms with Gasteiger partial charge in [-0.25, -0.2) is 0 Å². The van der Waals surface area contributed by atoms with Gasteiger partial charge >= 0.3 is 0 Å². The Morgan fingerprint density at radius 1 is 0.714 bits per heavy atom. The van der Waals surface area contributed by atoms with Crippen molar-refractivity contribution in [3.63, 3.8) is 0 Å². The highest BCUT2D eigenvalue weighted by Crippen LogP contribution is 2.22. The number of nitrogens with zero attached hydrogens (tertiary/aromatic N) is 5. The third-order valence-corrected chi connectivity index (χ3v) is 8.04. The van der Waals surface area contributed by atoms with Crippen molar-refractivity contribution in [2.45, 2.75) is 4.55 Å². The summed E-state index contributed by atoms with van der Waals surface area (Å²) in [6.07, 6.45) is 6.39. The minimum absolute atomic E-state index is 0.0696. The lowest BCUT2D eigenvalue weighted by molar-refractivity contribution is -0.112. The first-order chi connectivity index (χ1) is 23.2. The van der Waals surface area contributed by atoms with Gasteiger partial charge in [0.2, 0.25) is 0 Å². The van der Waals surface area contributed by atoms with Crippen molar-refractivity contribution in [1.82, 2.24) is 23.6 Å². The summed E-state index contributed by atoms with van der Waals surface area (Å²) in [5, 5.41) is 13.7. The van der Waals surface area contributed by atoms with E-state index in [-0.39, 0.29) is 46.5 Å². The van der Waals surface area contributed by atoms with Crippen molar-refractivity contribution in [3.05, 3.63) is 82.9 Å². The molecule has 4 aromatic heterocycles. The highest BCUT2D eigenvalue weighted by molar-refractivity contribution is 14.1. The molecule has 258 valence electrons. The first-order valence-corrected chi connectivity index (χ1v) is 16.7.